The van der Waals surface area contributed by atoms with E-state index >= 15 is 0 Å². The van der Waals surface area contributed by atoms with Crippen LogP contribution in [0.4, 0.5) is 13.2 Å². The zero-order valence-corrected chi connectivity index (χ0v) is 10.6. The molecule has 0 spiro atoms. The van der Waals surface area contributed by atoms with Crippen LogP contribution in [0.25, 0.3) is 10.9 Å². The molecule has 0 atom stereocenters. The van der Waals surface area contributed by atoms with Crippen molar-refractivity contribution in [1.29, 1.82) is 0 Å². The SMILES string of the molecule is Cc1cc(C(N)=S)nc2ccc(OC(F)(F)F)cc12. The molecule has 2 rings (SSSR count). The number of rotatable bonds is 2. The number of hydrogen-bond donors (Lipinski definition) is 1. The number of aryl methyl sites for hydroxylation is 1. The van der Waals surface area contributed by atoms with E-state index in [1.165, 1.54) is 18.2 Å². The summed E-state index contributed by atoms with van der Waals surface area (Å²) in [5.74, 6) is -0.284. The molecule has 1 heterocycles. The van der Waals surface area contributed by atoms with Crippen LogP contribution in [0.3, 0.4) is 0 Å². The summed E-state index contributed by atoms with van der Waals surface area (Å²) in [6.45, 7) is 1.74. The zero-order valence-electron chi connectivity index (χ0n) is 9.78. The van der Waals surface area contributed by atoms with E-state index in [4.69, 9.17) is 18.0 Å². The molecule has 1 aromatic carbocycles. The molecular weight excluding hydrogens is 277 g/mol. The number of fused-ring (bicyclic) bond motifs is 1. The fourth-order valence-corrected chi connectivity index (χ4v) is 1.80. The minimum absolute atomic E-state index is 0.139. The van der Waals surface area contributed by atoms with Gasteiger partial charge in [-0.1, -0.05) is 12.2 Å². The Kier molecular flexibility index (Phi) is 3.32. The number of benzene rings is 1. The highest BCUT2D eigenvalue weighted by molar-refractivity contribution is 7.80. The Morgan fingerprint density at radius 3 is 2.58 bits per heavy atom. The molecule has 0 aliphatic carbocycles. The van der Waals surface area contributed by atoms with Gasteiger partial charge in [0.1, 0.15) is 10.7 Å². The van der Waals surface area contributed by atoms with E-state index in [0.29, 0.717) is 16.6 Å². The summed E-state index contributed by atoms with van der Waals surface area (Å²) in [4.78, 5) is 4.31. The molecule has 0 aliphatic rings. The maximum Gasteiger partial charge on any atom is 0.573 e. The van der Waals surface area contributed by atoms with Crippen LogP contribution < -0.4 is 10.5 Å². The third kappa shape index (κ3) is 3.11. The number of nitrogens with zero attached hydrogens (tertiary/aromatic N) is 1. The fourth-order valence-electron chi connectivity index (χ4n) is 1.70. The molecule has 0 saturated heterocycles. The first kappa shape index (κ1) is 13.5. The maximum atomic E-state index is 12.1. The van der Waals surface area contributed by atoms with Crippen molar-refractivity contribution in [2.24, 2.45) is 5.73 Å². The Labute approximate surface area is 112 Å². The minimum Gasteiger partial charge on any atom is -0.406 e. The van der Waals surface area contributed by atoms with Gasteiger partial charge in [-0.3, -0.25) is 0 Å². The molecule has 2 N–H and O–H groups in total. The van der Waals surface area contributed by atoms with Gasteiger partial charge in [0.25, 0.3) is 0 Å². The van der Waals surface area contributed by atoms with E-state index in [1.807, 2.05) is 0 Å². The van der Waals surface area contributed by atoms with E-state index in [9.17, 15) is 13.2 Å². The lowest BCUT2D eigenvalue weighted by atomic mass is 10.1. The minimum atomic E-state index is -4.71. The topological polar surface area (TPSA) is 48.1 Å². The quantitative estimate of drug-likeness (QED) is 0.862. The maximum absolute atomic E-state index is 12.1. The highest BCUT2D eigenvalue weighted by atomic mass is 32.1. The first-order valence-corrected chi connectivity index (χ1v) is 5.64. The number of nitrogens with two attached hydrogens (primary N) is 1. The largest absolute Gasteiger partial charge is 0.573 e. The van der Waals surface area contributed by atoms with Gasteiger partial charge in [-0.15, -0.1) is 13.2 Å². The number of pyridine rings is 1. The summed E-state index contributed by atoms with van der Waals surface area (Å²) in [7, 11) is 0. The van der Waals surface area contributed by atoms with Crippen LogP contribution in [0.5, 0.6) is 5.75 Å². The van der Waals surface area contributed by atoms with Gasteiger partial charge in [-0.2, -0.15) is 0 Å². The zero-order chi connectivity index (χ0) is 14.2. The van der Waals surface area contributed by atoms with Gasteiger partial charge in [0.15, 0.2) is 0 Å². The molecule has 0 amide bonds. The number of thiocarbonyl (C=S) groups is 1. The first-order valence-electron chi connectivity index (χ1n) is 5.23. The molecule has 0 unspecified atom stereocenters. The standard InChI is InChI=1S/C12H9F3N2OS/c1-6-4-10(11(16)19)17-9-3-2-7(5-8(6)9)18-12(13,14)15/h2-5H,1H3,(H2,16,19). The van der Waals surface area contributed by atoms with Crippen LogP contribution in [-0.2, 0) is 0 Å². The Hall–Kier alpha value is -1.89. The van der Waals surface area contributed by atoms with Crippen molar-refractivity contribution in [2.75, 3.05) is 0 Å². The summed E-state index contributed by atoms with van der Waals surface area (Å²) >= 11 is 4.82. The first-order chi connectivity index (χ1) is 8.76. The van der Waals surface area contributed by atoms with Crippen molar-refractivity contribution in [1.82, 2.24) is 4.98 Å². The van der Waals surface area contributed by atoms with Gasteiger partial charge in [0.2, 0.25) is 0 Å². The van der Waals surface area contributed by atoms with E-state index in [2.05, 4.69) is 9.72 Å². The van der Waals surface area contributed by atoms with Gasteiger partial charge in [-0.25, -0.2) is 4.98 Å². The van der Waals surface area contributed by atoms with E-state index in [1.54, 1.807) is 13.0 Å². The molecular formula is C12H9F3N2OS. The summed E-state index contributed by atoms with van der Waals surface area (Å²) in [5, 5.41) is 0.557. The van der Waals surface area contributed by atoms with Crippen molar-refractivity contribution >= 4 is 28.1 Å². The monoisotopic (exact) mass is 286 g/mol. The molecule has 100 valence electrons. The van der Waals surface area contributed by atoms with Gasteiger partial charge in [0.05, 0.1) is 11.2 Å². The molecule has 19 heavy (non-hydrogen) atoms. The highest BCUT2D eigenvalue weighted by Gasteiger charge is 2.31. The van der Waals surface area contributed by atoms with Crippen molar-refractivity contribution in [2.45, 2.75) is 13.3 Å². The third-order valence-electron chi connectivity index (χ3n) is 2.47. The van der Waals surface area contributed by atoms with Crippen molar-refractivity contribution in [3.8, 4) is 5.75 Å². The van der Waals surface area contributed by atoms with E-state index in [-0.39, 0.29) is 10.7 Å². The van der Waals surface area contributed by atoms with E-state index < -0.39 is 6.36 Å². The summed E-state index contributed by atoms with van der Waals surface area (Å²) in [6, 6.07) is 5.55. The van der Waals surface area contributed by atoms with Crippen LogP contribution in [0.15, 0.2) is 24.3 Å². The van der Waals surface area contributed by atoms with Crippen LogP contribution in [0.1, 0.15) is 11.3 Å². The third-order valence-corrected chi connectivity index (χ3v) is 2.68. The number of ether oxygens (including phenoxy) is 1. The number of halogens is 3. The molecule has 0 fully saturated rings. The average molecular weight is 286 g/mol. The molecule has 2 aromatic rings. The predicted octanol–water partition coefficient (Wildman–Crippen LogP) is 3.08. The molecule has 7 heteroatoms. The summed E-state index contributed by atoms with van der Waals surface area (Å²) < 4.78 is 40.3. The van der Waals surface area contributed by atoms with Gasteiger partial charge >= 0.3 is 6.36 Å². The second-order valence-corrected chi connectivity index (χ2v) is 4.36. The van der Waals surface area contributed by atoms with Gasteiger partial charge in [0, 0.05) is 5.39 Å². The van der Waals surface area contributed by atoms with Crippen LogP contribution in [0.2, 0.25) is 0 Å². The van der Waals surface area contributed by atoms with Crippen molar-refractivity contribution < 1.29 is 17.9 Å². The van der Waals surface area contributed by atoms with E-state index in [0.717, 1.165) is 5.56 Å². The van der Waals surface area contributed by atoms with Gasteiger partial charge < -0.3 is 10.5 Å². The molecule has 0 bridgehead atoms. The van der Waals surface area contributed by atoms with Crippen molar-refractivity contribution in [3.05, 3.63) is 35.5 Å². The Morgan fingerprint density at radius 2 is 2.00 bits per heavy atom. The Balaban J connectivity index is 2.52. The van der Waals surface area contributed by atoms with Crippen LogP contribution in [0, 0.1) is 6.92 Å². The van der Waals surface area contributed by atoms with Gasteiger partial charge in [-0.05, 0) is 36.8 Å². The predicted molar refractivity (Wildman–Crippen MR) is 69.1 cm³/mol. The lowest BCUT2D eigenvalue weighted by Gasteiger charge is -2.11. The molecule has 0 saturated carbocycles. The molecule has 0 aliphatic heterocycles. The number of hydrogen-bond acceptors (Lipinski definition) is 3. The van der Waals surface area contributed by atoms with Crippen LogP contribution in [-0.4, -0.2) is 16.3 Å². The number of aromatic nitrogens is 1. The number of alkyl halides is 3. The summed E-state index contributed by atoms with van der Waals surface area (Å²) in [5.41, 5.74) is 7.15. The molecule has 0 radical (unpaired) electrons. The lowest BCUT2D eigenvalue weighted by molar-refractivity contribution is -0.274. The molecule has 1 aromatic heterocycles. The Morgan fingerprint density at radius 1 is 1.32 bits per heavy atom. The smallest absolute Gasteiger partial charge is 0.406 e. The normalized spacial score (nSPS) is 11.6. The average Bonchev–Trinajstić information content (AvgIpc) is 2.27. The second-order valence-electron chi connectivity index (χ2n) is 3.92. The van der Waals surface area contributed by atoms with Crippen LogP contribution >= 0.6 is 12.2 Å². The lowest BCUT2D eigenvalue weighted by Crippen LogP contribution is -2.17. The summed E-state index contributed by atoms with van der Waals surface area (Å²) in [6.07, 6.45) is -4.71. The fraction of sp³-hybridized carbons (Fsp3) is 0.167. The highest BCUT2D eigenvalue weighted by Crippen LogP contribution is 2.27. The molecule has 3 nitrogen and oxygen atoms in total. The second kappa shape index (κ2) is 4.65. The van der Waals surface area contributed by atoms with Crippen molar-refractivity contribution in [3.63, 3.8) is 0 Å². The Bertz CT molecular complexity index is 655.